The van der Waals surface area contributed by atoms with Gasteiger partial charge in [-0.05, 0) is 34.8 Å². The summed E-state index contributed by atoms with van der Waals surface area (Å²) in [5, 5.41) is 1.92. The van der Waals surface area contributed by atoms with Crippen LogP contribution < -0.4 is 0 Å². The Morgan fingerprint density at radius 3 is 2.32 bits per heavy atom. The molecular weight excluding hydrogens is 328 g/mol. The molecule has 19 heavy (non-hydrogen) atoms. The molecule has 2 amide bonds. The molecule has 1 aliphatic carbocycles. The van der Waals surface area contributed by atoms with E-state index in [1.54, 1.807) is 0 Å². The molecule has 2 aliphatic rings. The number of carbonyl (C=O) groups is 2. The van der Waals surface area contributed by atoms with Gasteiger partial charge in [0.05, 0.1) is 4.88 Å². The molecule has 0 aromatic carbocycles. The van der Waals surface area contributed by atoms with Gasteiger partial charge < -0.3 is 9.80 Å². The Kier molecular flexibility index (Phi) is 3.62. The van der Waals surface area contributed by atoms with E-state index in [0.29, 0.717) is 26.2 Å². The molecular formula is C13H15BrN2O2S. The monoisotopic (exact) mass is 342 g/mol. The zero-order chi connectivity index (χ0) is 13.4. The molecule has 6 heteroatoms. The Morgan fingerprint density at radius 2 is 1.79 bits per heavy atom. The summed E-state index contributed by atoms with van der Waals surface area (Å²) in [6, 6.07) is 1.86. The smallest absolute Gasteiger partial charge is 0.264 e. The molecule has 4 nitrogen and oxygen atoms in total. The number of piperazine rings is 1. The van der Waals surface area contributed by atoms with Crippen LogP contribution in [0.4, 0.5) is 0 Å². The fourth-order valence-electron chi connectivity index (χ4n) is 2.30. The second-order valence-electron chi connectivity index (χ2n) is 5.02. The summed E-state index contributed by atoms with van der Waals surface area (Å²) >= 11 is 4.82. The molecule has 0 bridgehead atoms. The fourth-order valence-corrected chi connectivity index (χ4v) is 3.69. The molecule has 2 fully saturated rings. The average molecular weight is 343 g/mol. The number of hydrogen-bond donors (Lipinski definition) is 0. The predicted molar refractivity (Wildman–Crippen MR) is 77.2 cm³/mol. The highest BCUT2D eigenvalue weighted by Crippen LogP contribution is 2.31. The Morgan fingerprint density at radius 1 is 1.16 bits per heavy atom. The zero-order valence-electron chi connectivity index (χ0n) is 10.5. The third-order valence-corrected chi connectivity index (χ3v) is 5.26. The first-order valence-corrected chi connectivity index (χ1v) is 8.14. The van der Waals surface area contributed by atoms with Gasteiger partial charge in [0.2, 0.25) is 5.91 Å². The van der Waals surface area contributed by atoms with Crippen LogP contribution in [-0.2, 0) is 4.79 Å². The van der Waals surface area contributed by atoms with E-state index in [9.17, 15) is 9.59 Å². The minimum Gasteiger partial charge on any atom is -0.339 e. The van der Waals surface area contributed by atoms with Crippen molar-refractivity contribution in [2.45, 2.75) is 12.8 Å². The lowest BCUT2D eigenvalue weighted by molar-refractivity contribution is -0.134. The summed E-state index contributed by atoms with van der Waals surface area (Å²) in [5.74, 6) is 0.635. The van der Waals surface area contributed by atoms with Crippen molar-refractivity contribution in [3.05, 3.63) is 20.8 Å². The second-order valence-corrected chi connectivity index (χ2v) is 6.85. The molecule has 0 N–H and O–H groups in total. The van der Waals surface area contributed by atoms with Gasteiger partial charge in [0.1, 0.15) is 0 Å². The van der Waals surface area contributed by atoms with Crippen LogP contribution >= 0.6 is 27.3 Å². The lowest BCUT2D eigenvalue weighted by atomic mass is 10.2. The lowest BCUT2D eigenvalue weighted by Gasteiger charge is -2.34. The van der Waals surface area contributed by atoms with E-state index in [-0.39, 0.29) is 17.7 Å². The Bertz CT molecular complexity index is 504. The van der Waals surface area contributed by atoms with E-state index in [1.165, 1.54) is 11.3 Å². The highest BCUT2D eigenvalue weighted by atomic mass is 79.9. The van der Waals surface area contributed by atoms with Gasteiger partial charge in [-0.3, -0.25) is 9.59 Å². The summed E-state index contributed by atoms with van der Waals surface area (Å²) in [7, 11) is 0. The summed E-state index contributed by atoms with van der Waals surface area (Å²) in [6.07, 6.45) is 2.09. The van der Waals surface area contributed by atoms with Crippen LogP contribution in [0.1, 0.15) is 22.5 Å². The number of carbonyl (C=O) groups excluding carboxylic acids is 2. The number of thiophene rings is 1. The van der Waals surface area contributed by atoms with Crippen LogP contribution in [0.15, 0.2) is 15.9 Å². The lowest BCUT2D eigenvalue weighted by Crippen LogP contribution is -2.50. The summed E-state index contributed by atoms with van der Waals surface area (Å²) in [6.45, 7) is 2.64. The summed E-state index contributed by atoms with van der Waals surface area (Å²) < 4.78 is 0.948. The highest BCUT2D eigenvalue weighted by Gasteiger charge is 2.35. The summed E-state index contributed by atoms with van der Waals surface area (Å²) in [5.41, 5.74) is 0. The predicted octanol–water partition coefficient (Wildman–Crippen LogP) is 2.21. The molecule has 0 radical (unpaired) electrons. The number of amides is 2. The van der Waals surface area contributed by atoms with Crippen molar-refractivity contribution >= 4 is 39.1 Å². The Balaban J connectivity index is 1.57. The molecule has 0 unspecified atom stereocenters. The average Bonchev–Trinajstić information content (AvgIpc) is 3.19. The number of hydrogen-bond acceptors (Lipinski definition) is 3. The van der Waals surface area contributed by atoms with E-state index >= 15 is 0 Å². The van der Waals surface area contributed by atoms with Gasteiger partial charge in [0, 0.05) is 41.9 Å². The quantitative estimate of drug-likeness (QED) is 0.826. The van der Waals surface area contributed by atoms with Crippen molar-refractivity contribution in [2.24, 2.45) is 5.92 Å². The molecule has 1 aromatic heterocycles. The van der Waals surface area contributed by atoms with Crippen LogP contribution in [0.5, 0.6) is 0 Å². The maximum absolute atomic E-state index is 12.2. The third kappa shape index (κ3) is 2.84. The molecule has 3 rings (SSSR count). The largest absolute Gasteiger partial charge is 0.339 e. The fraction of sp³-hybridized carbons (Fsp3) is 0.538. The van der Waals surface area contributed by atoms with E-state index < -0.39 is 0 Å². The number of halogens is 1. The molecule has 1 saturated heterocycles. The Labute approximate surface area is 124 Å². The van der Waals surface area contributed by atoms with Gasteiger partial charge in [0.15, 0.2) is 0 Å². The number of nitrogens with zero attached hydrogens (tertiary/aromatic N) is 2. The van der Waals surface area contributed by atoms with Gasteiger partial charge in [-0.25, -0.2) is 0 Å². The standard InChI is InChI=1S/C13H15BrN2O2S/c14-10-7-11(19-8-10)13(18)16-5-3-15(4-6-16)12(17)9-1-2-9/h7-9H,1-6H2. The van der Waals surface area contributed by atoms with Gasteiger partial charge >= 0.3 is 0 Å². The second kappa shape index (κ2) is 5.25. The third-order valence-electron chi connectivity index (χ3n) is 3.58. The maximum atomic E-state index is 12.2. The first-order valence-electron chi connectivity index (χ1n) is 6.47. The minimum atomic E-state index is 0.0780. The Hall–Kier alpha value is -0.880. The van der Waals surface area contributed by atoms with Crippen LogP contribution in [-0.4, -0.2) is 47.8 Å². The van der Waals surface area contributed by atoms with Gasteiger partial charge in [0.25, 0.3) is 5.91 Å². The van der Waals surface area contributed by atoms with E-state index in [0.717, 1.165) is 22.2 Å². The van der Waals surface area contributed by atoms with Crippen LogP contribution in [0, 0.1) is 5.92 Å². The topological polar surface area (TPSA) is 40.6 Å². The van der Waals surface area contributed by atoms with Crippen LogP contribution in [0.2, 0.25) is 0 Å². The zero-order valence-corrected chi connectivity index (χ0v) is 12.9. The molecule has 1 saturated carbocycles. The molecule has 102 valence electrons. The molecule has 0 spiro atoms. The van der Waals surface area contributed by atoms with Crippen molar-refractivity contribution in [3.8, 4) is 0 Å². The maximum Gasteiger partial charge on any atom is 0.264 e. The molecule has 0 atom stereocenters. The van der Waals surface area contributed by atoms with Crippen molar-refractivity contribution in [1.82, 2.24) is 9.80 Å². The van der Waals surface area contributed by atoms with Crippen molar-refractivity contribution in [1.29, 1.82) is 0 Å². The van der Waals surface area contributed by atoms with E-state index in [4.69, 9.17) is 0 Å². The summed E-state index contributed by atoms with van der Waals surface area (Å²) in [4.78, 5) is 28.7. The van der Waals surface area contributed by atoms with Crippen molar-refractivity contribution in [3.63, 3.8) is 0 Å². The highest BCUT2D eigenvalue weighted by molar-refractivity contribution is 9.10. The van der Waals surface area contributed by atoms with Crippen molar-refractivity contribution < 1.29 is 9.59 Å². The minimum absolute atomic E-state index is 0.0780. The molecule has 1 aliphatic heterocycles. The SMILES string of the molecule is O=C(c1cc(Br)cs1)N1CCN(C(=O)C2CC2)CC1. The molecule has 1 aromatic rings. The van der Waals surface area contributed by atoms with Gasteiger partial charge in [-0.15, -0.1) is 11.3 Å². The van der Waals surface area contributed by atoms with Crippen LogP contribution in [0.25, 0.3) is 0 Å². The van der Waals surface area contributed by atoms with Crippen LogP contribution in [0.3, 0.4) is 0 Å². The first-order chi connectivity index (χ1) is 9.15. The molecule has 2 heterocycles. The van der Waals surface area contributed by atoms with E-state index in [1.807, 2.05) is 21.2 Å². The number of rotatable bonds is 2. The van der Waals surface area contributed by atoms with E-state index in [2.05, 4.69) is 15.9 Å². The normalized spacial score (nSPS) is 19.6. The van der Waals surface area contributed by atoms with Crippen molar-refractivity contribution in [2.75, 3.05) is 26.2 Å². The van der Waals surface area contributed by atoms with Gasteiger partial charge in [-0.2, -0.15) is 0 Å². The van der Waals surface area contributed by atoms with Gasteiger partial charge in [-0.1, -0.05) is 0 Å². The first kappa shape index (κ1) is 13.1.